The number of nitrogens with one attached hydrogen (secondary N) is 2. The second kappa shape index (κ2) is 8.34. The smallest absolute Gasteiger partial charge is 0.264 e. The highest BCUT2D eigenvalue weighted by atomic mass is 19.1. The normalized spacial score (nSPS) is 10.3. The van der Waals surface area contributed by atoms with Gasteiger partial charge >= 0.3 is 0 Å². The first-order chi connectivity index (χ1) is 13.5. The molecule has 144 valence electrons. The zero-order valence-electron chi connectivity index (χ0n) is 15.1. The van der Waals surface area contributed by atoms with Gasteiger partial charge in [-0.05, 0) is 36.4 Å². The Morgan fingerprint density at radius 1 is 0.929 bits per heavy atom. The highest BCUT2D eigenvalue weighted by Gasteiger charge is 2.18. The molecule has 8 heteroatoms. The fourth-order valence-electron chi connectivity index (χ4n) is 2.56. The number of rotatable bonds is 6. The minimum atomic E-state index is -0.722. The Balaban J connectivity index is 1.77. The van der Waals surface area contributed by atoms with Crippen LogP contribution in [0.2, 0.25) is 0 Å². The lowest BCUT2D eigenvalue weighted by Crippen LogP contribution is -2.15. The number of amides is 1. The van der Waals surface area contributed by atoms with E-state index in [4.69, 9.17) is 9.47 Å². The highest BCUT2D eigenvalue weighted by molar-refractivity contribution is 6.07. The molecule has 1 amide bonds. The fourth-order valence-corrected chi connectivity index (χ4v) is 2.56. The maximum atomic E-state index is 13.7. The van der Waals surface area contributed by atoms with Gasteiger partial charge in [0.15, 0.2) is 0 Å². The number of methoxy groups -OCH3 is 2. The van der Waals surface area contributed by atoms with Crippen LogP contribution in [0.1, 0.15) is 10.4 Å². The first-order valence-electron chi connectivity index (χ1n) is 8.23. The van der Waals surface area contributed by atoms with E-state index in [-0.39, 0.29) is 17.1 Å². The number of carbonyl (C=O) groups is 1. The van der Waals surface area contributed by atoms with Crippen molar-refractivity contribution >= 4 is 23.1 Å². The SMILES string of the molecule is COc1cccc(OC)c1C(=O)Nc1ccc(Nc2c(F)cccc2F)cn1. The van der Waals surface area contributed by atoms with Gasteiger partial charge in [0.25, 0.3) is 5.91 Å². The van der Waals surface area contributed by atoms with Crippen molar-refractivity contribution in [2.75, 3.05) is 24.9 Å². The molecule has 28 heavy (non-hydrogen) atoms. The molecule has 0 atom stereocenters. The number of halogens is 2. The number of carbonyl (C=O) groups excluding carboxylic acids is 1. The van der Waals surface area contributed by atoms with Crippen molar-refractivity contribution in [3.8, 4) is 11.5 Å². The molecule has 0 saturated heterocycles. The lowest BCUT2D eigenvalue weighted by molar-refractivity contribution is 0.102. The summed E-state index contributed by atoms with van der Waals surface area (Å²) in [4.78, 5) is 16.7. The Morgan fingerprint density at radius 2 is 1.54 bits per heavy atom. The standard InChI is InChI=1S/C20H17F2N3O3/c1-27-15-7-4-8-16(28-2)18(15)20(26)25-17-10-9-12(11-23-17)24-19-13(21)5-3-6-14(19)22/h3-11,24H,1-2H3,(H,23,25,26). The van der Waals surface area contributed by atoms with Crippen LogP contribution in [0.3, 0.4) is 0 Å². The number of para-hydroxylation sites is 1. The van der Waals surface area contributed by atoms with Gasteiger partial charge < -0.3 is 20.1 Å². The van der Waals surface area contributed by atoms with Crippen LogP contribution in [0.25, 0.3) is 0 Å². The molecule has 0 aliphatic carbocycles. The molecule has 0 fully saturated rings. The van der Waals surface area contributed by atoms with Gasteiger partial charge in [0.1, 0.15) is 40.2 Å². The lowest BCUT2D eigenvalue weighted by atomic mass is 10.1. The van der Waals surface area contributed by atoms with Crippen LogP contribution in [0.15, 0.2) is 54.7 Å². The molecule has 2 aromatic carbocycles. The third kappa shape index (κ3) is 4.01. The van der Waals surface area contributed by atoms with Crippen molar-refractivity contribution in [2.45, 2.75) is 0 Å². The predicted molar refractivity (Wildman–Crippen MR) is 101 cm³/mol. The monoisotopic (exact) mass is 385 g/mol. The molecule has 0 aliphatic rings. The van der Waals surface area contributed by atoms with Crippen LogP contribution in [0, 0.1) is 11.6 Å². The number of ether oxygens (including phenoxy) is 2. The van der Waals surface area contributed by atoms with Crippen LogP contribution >= 0.6 is 0 Å². The van der Waals surface area contributed by atoms with E-state index in [2.05, 4.69) is 15.6 Å². The summed E-state index contributed by atoms with van der Waals surface area (Å²) in [7, 11) is 2.90. The zero-order chi connectivity index (χ0) is 20.1. The second-order valence-electron chi connectivity index (χ2n) is 5.65. The molecule has 3 aromatic rings. The van der Waals surface area contributed by atoms with Gasteiger partial charge in [-0.15, -0.1) is 0 Å². The van der Waals surface area contributed by atoms with E-state index in [0.29, 0.717) is 17.2 Å². The highest BCUT2D eigenvalue weighted by Crippen LogP contribution is 2.29. The van der Waals surface area contributed by atoms with Crippen molar-refractivity contribution < 1.29 is 23.0 Å². The summed E-state index contributed by atoms with van der Waals surface area (Å²) in [6, 6.07) is 11.6. The number of hydrogen-bond acceptors (Lipinski definition) is 5. The Labute approximate surface area is 160 Å². The van der Waals surface area contributed by atoms with E-state index in [1.165, 1.54) is 38.6 Å². The maximum absolute atomic E-state index is 13.7. The Hall–Kier alpha value is -3.68. The van der Waals surface area contributed by atoms with Gasteiger partial charge in [-0.2, -0.15) is 0 Å². The first-order valence-corrected chi connectivity index (χ1v) is 8.23. The molecular weight excluding hydrogens is 368 g/mol. The lowest BCUT2D eigenvalue weighted by Gasteiger charge is -2.13. The van der Waals surface area contributed by atoms with Gasteiger partial charge in [0, 0.05) is 0 Å². The van der Waals surface area contributed by atoms with E-state index in [0.717, 1.165) is 12.1 Å². The quantitative estimate of drug-likeness (QED) is 0.659. The molecular formula is C20H17F2N3O3. The summed E-state index contributed by atoms with van der Waals surface area (Å²) >= 11 is 0. The van der Waals surface area contributed by atoms with E-state index < -0.39 is 17.5 Å². The molecule has 1 aromatic heterocycles. The van der Waals surface area contributed by atoms with Gasteiger partial charge in [-0.3, -0.25) is 4.79 Å². The first kappa shape index (κ1) is 19.1. The number of nitrogens with zero attached hydrogens (tertiary/aromatic N) is 1. The van der Waals surface area contributed by atoms with Crippen molar-refractivity contribution in [1.29, 1.82) is 0 Å². The van der Waals surface area contributed by atoms with Crippen LogP contribution < -0.4 is 20.1 Å². The Kier molecular flexibility index (Phi) is 5.69. The summed E-state index contributed by atoms with van der Waals surface area (Å²) in [6.07, 6.45) is 1.35. The summed E-state index contributed by atoms with van der Waals surface area (Å²) in [6.45, 7) is 0. The van der Waals surface area contributed by atoms with Crippen molar-refractivity contribution in [3.05, 3.63) is 71.9 Å². The minimum absolute atomic E-state index is 0.227. The summed E-state index contributed by atoms with van der Waals surface area (Å²) in [5.41, 5.74) is 0.307. The van der Waals surface area contributed by atoms with Crippen LogP contribution in [0.4, 0.5) is 26.0 Å². The summed E-state index contributed by atoms with van der Waals surface area (Å²) in [5, 5.41) is 5.26. The second-order valence-corrected chi connectivity index (χ2v) is 5.65. The molecule has 1 heterocycles. The number of pyridine rings is 1. The molecule has 0 bridgehead atoms. The molecule has 3 rings (SSSR count). The Morgan fingerprint density at radius 3 is 2.07 bits per heavy atom. The topological polar surface area (TPSA) is 72.5 Å². The molecule has 0 unspecified atom stereocenters. The van der Waals surface area contributed by atoms with Gasteiger partial charge in [0.05, 0.1) is 26.1 Å². The van der Waals surface area contributed by atoms with Crippen LogP contribution in [0.5, 0.6) is 11.5 Å². The van der Waals surface area contributed by atoms with Crippen molar-refractivity contribution in [3.63, 3.8) is 0 Å². The van der Waals surface area contributed by atoms with Crippen molar-refractivity contribution in [2.24, 2.45) is 0 Å². The number of hydrogen-bond donors (Lipinski definition) is 2. The van der Waals surface area contributed by atoms with Crippen molar-refractivity contribution in [1.82, 2.24) is 4.98 Å². The fraction of sp³-hybridized carbons (Fsp3) is 0.100. The average Bonchev–Trinajstić information content (AvgIpc) is 2.71. The van der Waals surface area contributed by atoms with Crippen LogP contribution in [-0.2, 0) is 0 Å². The van der Waals surface area contributed by atoms with E-state index in [1.807, 2.05) is 0 Å². The molecule has 0 radical (unpaired) electrons. The number of aromatic nitrogens is 1. The number of anilines is 3. The summed E-state index contributed by atoms with van der Waals surface area (Å²) in [5.74, 6) is -0.961. The minimum Gasteiger partial charge on any atom is -0.496 e. The van der Waals surface area contributed by atoms with Gasteiger partial charge in [-0.25, -0.2) is 13.8 Å². The largest absolute Gasteiger partial charge is 0.496 e. The van der Waals surface area contributed by atoms with Gasteiger partial charge in [0.2, 0.25) is 0 Å². The molecule has 0 aliphatic heterocycles. The van der Waals surface area contributed by atoms with E-state index in [1.54, 1.807) is 18.2 Å². The van der Waals surface area contributed by atoms with E-state index in [9.17, 15) is 13.6 Å². The summed E-state index contributed by atoms with van der Waals surface area (Å²) < 4.78 is 37.9. The zero-order valence-corrected chi connectivity index (χ0v) is 15.1. The molecule has 0 spiro atoms. The predicted octanol–water partition coefficient (Wildman–Crippen LogP) is 4.37. The molecule has 0 saturated carbocycles. The third-order valence-corrected chi connectivity index (χ3v) is 3.89. The number of benzene rings is 2. The maximum Gasteiger partial charge on any atom is 0.264 e. The Bertz CT molecular complexity index is 952. The molecule has 6 nitrogen and oxygen atoms in total. The van der Waals surface area contributed by atoms with Crippen LogP contribution in [-0.4, -0.2) is 25.1 Å². The third-order valence-electron chi connectivity index (χ3n) is 3.89. The van der Waals surface area contributed by atoms with E-state index >= 15 is 0 Å². The van der Waals surface area contributed by atoms with Gasteiger partial charge in [-0.1, -0.05) is 12.1 Å². The molecule has 2 N–H and O–H groups in total. The average molecular weight is 385 g/mol.